The highest BCUT2D eigenvalue weighted by Crippen LogP contribution is 2.28. The number of nitrogens with zero attached hydrogens (tertiary/aromatic N) is 3. The van der Waals surface area contributed by atoms with Crippen LogP contribution in [0.15, 0.2) is 12.4 Å². The molecule has 1 N–H and O–H groups in total. The van der Waals surface area contributed by atoms with Crippen molar-refractivity contribution < 1.29 is 14.3 Å². The van der Waals surface area contributed by atoms with Gasteiger partial charge >= 0.3 is 0 Å². The molecule has 3 rings (SSSR count). The molecule has 0 unspecified atom stereocenters. The van der Waals surface area contributed by atoms with Gasteiger partial charge in [-0.3, -0.25) is 9.59 Å². The van der Waals surface area contributed by atoms with Gasteiger partial charge in [0.1, 0.15) is 5.82 Å². The number of imidazole rings is 1. The highest BCUT2D eigenvalue weighted by atomic mass is 16.5. The second-order valence-electron chi connectivity index (χ2n) is 6.31. The summed E-state index contributed by atoms with van der Waals surface area (Å²) in [6.45, 7) is 3.10. The van der Waals surface area contributed by atoms with Crippen LogP contribution in [0, 0.1) is 5.92 Å². The van der Waals surface area contributed by atoms with E-state index < -0.39 is 0 Å². The monoisotopic (exact) mass is 320 g/mol. The Labute approximate surface area is 136 Å². The first-order chi connectivity index (χ1) is 11.2. The number of methoxy groups -OCH3 is 1. The summed E-state index contributed by atoms with van der Waals surface area (Å²) in [4.78, 5) is 35.7. The maximum Gasteiger partial charge on any atom is 0.227 e. The molecule has 23 heavy (non-hydrogen) atoms. The zero-order chi connectivity index (χ0) is 16.2. The van der Waals surface area contributed by atoms with E-state index in [4.69, 9.17) is 4.74 Å². The first kappa shape index (κ1) is 16.0. The molecular weight excluding hydrogens is 296 g/mol. The summed E-state index contributed by atoms with van der Waals surface area (Å²) >= 11 is 0. The second-order valence-corrected chi connectivity index (χ2v) is 6.31. The SMILES string of the molecule is COCCN1C[C@@H](C(=O)N2CCC(c3ncc[nH]3)CC2)CC1=O. The zero-order valence-electron chi connectivity index (χ0n) is 13.5. The fourth-order valence-corrected chi connectivity index (χ4v) is 3.49. The molecular formula is C16H24N4O3. The van der Waals surface area contributed by atoms with Crippen LogP contribution in [0.5, 0.6) is 0 Å². The molecule has 7 heteroatoms. The molecule has 0 bridgehead atoms. The molecule has 2 amide bonds. The number of aromatic nitrogens is 2. The van der Waals surface area contributed by atoms with Crippen molar-refractivity contribution in [1.82, 2.24) is 19.8 Å². The van der Waals surface area contributed by atoms with Crippen molar-refractivity contribution in [3.05, 3.63) is 18.2 Å². The quantitative estimate of drug-likeness (QED) is 0.862. The first-order valence-corrected chi connectivity index (χ1v) is 8.24. The maximum absolute atomic E-state index is 12.7. The van der Waals surface area contributed by atoms with Gasteiger partial charge < -0.3 is 19.5 Å². The van der Waals surface area contributed by atoms with E-state index in [1.54, 1.807) is 18.2 Å². The maximum atomic E-state index is 12.7. The van der Waals surface area contributed by atoms with Gasteiger partial charge in [0.05, 0.1) is 12.5 Å². The lowest BCUT2D eigenvalue weighted by molar-refractivity contribution is -0.136. The van der Waals surface area contributed by atoms with Crippen molar-refractivity contribution in [2.45, 2.75) is 25.2 Å². The van der Waals surface area contributed by atoms with Crippen LogP contribution in [0.1, 0.15) is 31.0 Å². The Bertz CT molecular complexity index is 538. The molecule has 3 heterocycles. The third-order valence-corrected chi connectivity index (χ3v) is 4.84. The summed E-state index contributed by atoms with van der Waals surface area (Å²) in [6, 6.07) is 0. The molecule has 0 saturated carbocycles. The van der Waals surface area contributed by atoms with Crippen LogP contribution in [0.2, 0.25) is 0 Å². The van der Waals surface area contributed by atoms with Gasteiger partial charge in [0.15, 0.2) is 0 Å². The van der Waals surface area contributed by atoms with Crippen LogP contribution in [-0.2, 0) is 14.3 Å². The number of piperidine rings is 1. The molecule has 0 radical (unpaired) electrons. The van der Waals surface area contributed by atoms with Crippen molar-refractivity contribution in [2.24, 2.45) is 5.92 Å². The standard InChI is InChI=1S/C16H24N4O3/c1-23-9-8-20-11-13(10-14(20)21)16(22)19-6-2-12(3-7-19)15-17-4-5-18-15/h4-5,12-13H,2-3,6-11H2,1H3,(H,17,18)/t13-/m0/s1. The van der Waals surface area contributed by atoms with E-state index in [2.05, 4.69) is 9.97 Å². The van der Waals surface area contributed by atoms with Gasteiger partial charge in [0.25, 0.3) is 0 Å². The molecule has 2 fully saturated rings. The number of hydrogen-bond acceptors (Lipinski definition) is 4. The Kier molecular flexibility index (Phi) is 4.95. The fourth-order valence-electron chi connectivity index (χ4n) is 3.49. The van der Waals surface area contributed by atoms with Gasteiger partial charge in [0, 0.05) is 58.0 Å². The Morgan fingerprint density at radius 3 is 2.87 bits per heavy atom. The van der Waals surface area contributed by atoms with Crippen LogP contribution in [0.4, 0.5) is 0 Å². The van der Waals surface area contributed by atoms with Crippen molar-refractivity contribution in [2.75, 3.05) is 39.9 Å². The molecule has 2 aliphatic heterocycles. The Morgan fingerprint density at radius 1 is 1.43 bits per heavy atom. The summed E-state index contributed by atoms with van der Waals surface area (Å²) < 4.78 is 5.01. The number of aromatic amines is 1. The number of rotatable bonds is 5. The average Bonchev–Trinajstić information content (AvgIpc) is 3.22. The Morgan fingerprint density at radius 2 is 2.22 bits per heavy atom. The van der Waals surface area contributed by atoms with E-state index in [0.717, 1.165) is 31.8 Å². The summed E-state index contributed by atoms with van der Waals surface area (Å²) in [6.07, 6.45) is 5.79. The van der Waals surface area contributed by atoms with E-state index in [9.17, 15) is 9.59 Å². The van der Waals surface area contributed by atoms with Gasteiger partial charge in [-0.05, 0) is 12.8 Å². The molecule has 2 aliphatic rings. The summed E-state index contributed by atoms with van der Waals surface area (Å²) in [5, 5.41) is 0. The van der Waals surface area contributed by atoms with E-state index >= 15 is 0 Å². The lowest BCUT2D eigenvalue weighted by atomic mass is 9.95. The number of carbonyl (C=O) groups is 2. The van der Waals surface area contributed by atoms with Crippen molar-refractivity contribution >= 4 is 11.8 Å². The number of ether oxygens (including phenoxy) is 1. The highest BCUT2D eigenvalue weighted by Gasteiger charge is 2.37. The van der Waals surface area contributed by atoms with E-state index in [-0.39, 0.29) is 17.7 Å². The fraction of sp³-hybridized carbons (Fsp3) is 0.688. The minimum Gasteiger partial charge on any atom is -0.383 e. The number of hydrogen-bond donors (Lipinski definition) is 1. The average molecular weight is 320 g/mol. The molecule has 0 spiro atoms. The summed E-state index contributed by atoms with van der Waals surface area (Å²) in [5.74, 6) is 1.40. The Balaban J connectivity index is 1.51. The first-order valence-electron chi connectivity index (χ1n) is 8.24. The van der Waals surface area contributed by atoms with Gasteiger partial charge in [-0.15, -0.1) is 0 Å². The lowest BCUT2D eigenvalue weighted by Crippen LogP contribution is -2.42. The van der Waals surface area contributed by atoms with Gasteiger partial charge in [-0.2, -0.15) is 0 Å². The number of likely N-dealkylation sites (tertiary alicyclic amines) is 2. The molecule has 2 saturated heterocycles. The summed E-state index contributed by atoms with van der Waals surface area (Å²) in [5.41, 5.74) is 0. The predicted molar refractivity (Wildman–Crippen MR) is 83.7 cm³/mol. The largest absolute Gasteiger partial charge is 0.383 e. The van der Waals surface area contributed by atoms with Gasteiger partial charge in [-0.25, -0.2) is 4.98 Å². The molecule has 0 aliphatic carbocycles. The number of H-pyrrole nitrogens is 1. The third kappa shape index (κ3) is 3.55. The lowest BCUT2D eigenvalue weighted by Gasteiger charge is -2.32. The number of amides is 2. The third-order valence-electron chi connectivity index (χ3n) is 4.84. The van der Waals surface area contributed by atoms with Crippen molar-refractivity contribution in [1.29, 1.82) is 0 Å². The minimum absolute atomic E-state index is 0.0610. The van der Waals surface area contributed by atoms with Crippen LogP contribution in [0.3, 0.4) is 0 Å². The van der Waals surface area contributed by atoms with Crippen molar-refractivity contribution in [3.8, 4) is 0 Å². The normalized spacial score (nSPS) is 22.8. The molecule has 1 atom stereocenters. The van der Waals surface area contributed by atoms with E-state index in [0.29, 0.717) is 32.0 Å². The Hall–Kier alpha value is -1.89. The zero-order valence-corrected chi connectivity index (χ0v) is 13.5. The van der Waals surface area contributed by atoms with Gasteiger partial charge in [0.2, 0.25) is 11.8 Å². The van der Waals surface area contributed by atoms with Crippen LogP contribution in [-0.4, -0.2) is 71.5 Å². The van der Waals surface area contributed by atoms with Crippen molar-refractivity contribution in [3.63, 3.8) is 0 Å². The predicted octanol–water partition coefficient (Wildman–Crippen LogP) is 0.611. The van der Waals surface area contributed by atoms with Gasteiger partial charge in [-0.1, -0.05) is 0 Å². The topological polar surface area (TPSA) is 78.5 Å². The molecule has 1 aromatic rings. The van der Waals surface area contributed by atoms with Crippen LogP contribution >= 0.6 is 0 Å². The molecule has 1 aromatic heterocycles. The minimum atomic E-state index is -0.195. The summed E-state index contributed by atoms with van der Waals surface area (Å²) in [7, 11) is 1.62. The molecule has 0 aromatic carbocycles. The van der Waals surface area contributed by atoms with Crippen LogP contribution < -0.4 is 0 Å². The second kappa shape index (κ2) is 7.12. The number of carbonyl (C=O) groups excluding carboxylic acids is 2. The highest BCUT2D eigenvalue weighted by molar-refractivity contribution is 5.89. The number of nitrogens with one attached hydrogen (secondary N) is 1. The van der Waals surface area contributed by atoms with E-state index in [1.807, 2.05) is 11.1 Å². The van der Waals surface area contributed by atoms with Crippen LogP contribution in [0.25, 0.3) is 0 Å². The smallest absolute Gasteiger partial charge is 0.227 e. The molecule has 7 nitrogen and oxygen atoms in total. The molecule has 126 valence electrons. The van der Waals surface area contributed by atoms with E-state index in [1.165, 1.54) is 0 Å².